The van der Waals surface area contributed by atoms with E-state index in [1.807, 2.05) is 26.1 Å². The molecule has 1 saturated heterocycles. The molecule has 10 nitrogen and oxygen atoms in total. The second-order valence-electron chi connectivity index (χ2n) is 11.5. The molecule has 3 atom stereocenters. The minimum atomic E-state index is -2.12. The number of unbranched alkanes of at least 4 members (excludes halogenated alkanes) is 2. The number of amides is 1. The molecule has 1 N–H and O–H groups in total. The summed E-state index contributed by atoms with van der Waals surface area (Å²) in [6, 6.07) is 5.87. The molecule has 1 aliphatic carbocycles. The number of esters is 1. The highest BCUT2D eigenvalue weighted by Crippen LogP contribution is 2.42. The van der Waals surface area contributed by atoms with Crippen LogP contribution >= 0.6 is 0 Å². The summed E-state index contributed by atoms with van der Waals surface area (Å²) in [7, 11) is -2.12. The van der Waals surface area contributed by atoms with Gasteiger partial charge in [0.15, 0.2) is 14.1 Å². The number of fused-ring (bicyclic) bond motifs is 1. The van der Waals surface area contributed by atoms with Crippen LogP contribution in [0.15, 0.2) is 18.5 Å². The molecule has 0 unspecified atom stereocenters. The Morgan fingerprint density at radius 1 is 1.26 bits per heavy atom. The summed E-state index contributed by atoms with van der Waals surface area (Å²) in [5.41, 5.74) is -0.512. The highest BCUT2D eigenvalue weighted by molar-refractivity contribution is 6.69. The van der Waals surface area contributed by atoms with Crippen LogP contribution in [-0.2, 0) is 29.1 Å². The Kier molecular flexibility index (Phi) is 9.41. The number of carbonyl (C=O) groups is 2. The number of aromatic nitrogens is 3. The number of hydrogen-bond acceptors (Lipinski definition) is 8. The molecule has 2 aliphatic rings. The second kappa shape index (κ2) is 12.6. The van der Waals surface area contributed by atoms with E-state index < -0.39 is 26.1 Å². The average molecular weight is 555 g/mol. The topological polar surface area (TPSA) is 128 Å². The van der Waals surface area contributed by atoms with Crippen LogP contribution in [0.1, 0.15) is 70.4 Å². The van der Waals surface area contributed by atoms with E-state index in [1.165, 1.54) is 6.33 Å². The number of nitrogens with one attached hydrogen (secondary N) is 1. The first-order valence-corrected chi connectivity index (χ1v) is 17.5. The van der Waals surface area contributed by atoms with Crippen LogP contribution in [0.3, 0.4) is 0 Å². The predicted octanol–water partition coefficient (Wildman–Crippen LogP) is 4.91. The minimum absolute atomic E-state index is 0.0118. The highest BCUT2D eigenvalue weighted by atomic mass is 28.4. The molecule has 2 fully saturated rings. The fourth-order valence-corrected chi connectivity index (χ4v) is 6.35. The van der Waals surface area contributed by atoms with E-state index >= 15 is 0 Å². The van der Waals surface area contributed by atoms with Gasteiger partial charge in [-0.25, -0.2) is 9.50 Å². The largest absolute Gasteiger partial charge is 0.463 e. The van der Waals surface area contributed by atoms with Crippen molar-refractivity contribution in [2.24, 2.45) is 5.92 Å². The normalized spacial score (nSPS) is 23.7. The lowest BCUT2D eigenvalue weighted by Crippen LogP contribution is -2.44. The molecule has 1 radical (unpaired) electrons. The molecule has 1 aliphatic heterocycles. The molecule has 2 aromatic heterocycles. The van der Waals surface area contributed by atoms with E-state index in [1.54, 1.807) is 16.6 Å². The first kappa shape index (κ1) is 29.2. The number of anilines is 1. The first-order chi connectivity index (χ1) is 18.6. The minimum Gasteiger partial charge on any atom is -0.463 e. The van der Waals surface area contributed by atoms with Gasteiger partial charge in [0.25, 0.3) is 0 Å². The molecule has 1 saturated carbocycles. The number of carbonyl (C=O) groups excluding carboxylic acids is 2. The Labute approximate surface area is 231 Å². The van der Waals surface area contributed by atoms with Crippen molar-refractivity contribution < 1.29 is 23.5 Å². The lowest BCUT2D eigenvalue weighted by molar-refractivity contribution is -0.149. The van der Waals surface area contributed by atoms with E-state index in [2.05, 4.69) is 28.4 Å². The van der Waals surface area contributed by atoms with Gasteiger partial charge in [-0.3, -0.25) is 9.59 Å². The van der Waals surface area contributed by atoms with Gasteiger partial charge in [0, 0.05) is 19.3 Å². The van der Waals surface area contributed by atoms with Crippen molar-refractivity contribution in [3.8, 4) is 6.07 Å². The van der Waals surface area contributed by atoms with Crippen LogP contribution in [0.5, 0.6) is 0 Å². The van der Waals surface area contributed by atoms with Gasteiger partial charge in [0.05, 0.1) is 11.8 Å². The van der Waals surface area contributed by atoms with Gasteiger partial charge in [-0.2, -0.15) is 10.4 Å². The summed E-state index contributed by atoms with van der Waals surface area (Å²) in [5, 5.41) is 17.8. The summed E-state index contributed by atoms with van der Waals surface area (Å²) in [4.78, 5) is 29.2. The molecule has 11 heteroatoms. The number of nitriles is 1. The molecule has 0 spiro atoms. The van der Waals surface area contributed by atoms with Crippen molar-refractivity contribution in [3.05, 3.63) is 30.6 Å². The van der Waals surface area contributed by atoms with Crippen molar-refractivity contribution >= 4 is 31.5 Å². The van der Waals surface area contributed by atoms with Crippen LogP contribution in [0, 0.1) is 23.7 Å². The molecule has 1 amide bonds. The van der Waals surface area contributed by atoms with E-state index in [-0.39, 0.29) is 18.5 Å². The van der Waals surface area contributed by atoms with E-state index in [4.69, 9.17) is 13.9 Å². The molecule has 3 heterocycles. The molecule has 0 aromatic carbocycles. The van der Waals surface area contributed by atoms with Gasteiger partial charge >= 0.3 is 5.97 Å². The van der Waals surface area contributed by atoms with Crippen molar-refractivity contribution in [1.82, 2.24) is 14.6 Å². The Morgan fingerprint density at radius 3 is 2.72 bits per heavy atom. The molecule has 0 bridgehead atoms. The molecule has 211 valence electrons. The summed E-state index contributed by atoms with van der Waals surface area (Å²) in [6.07, 6.45) is 9.94. The Balaban J connectivity index is 1.56. The van der Waals surface area contributed by atoms with Crippen LogP contribution in [0.4, 0.5) is 5.82 Å². The number of rotatable bonds is 12. The lowest BCUT2D eigenvalue weighted by atomic mass is 9.94. The highest BCUT2D eigenvalue weighted by Gasteiger charge is 2.55. The maximum Gasteiger partial charge on any atom is 0.306 e. The summed E-state index contributed by atoms with van der Waals surface area (Å²) < 4.78 is 19.9. The zero-order valence-electron chi connectivity index (χ0n) is 23.4. The fraction of sp³-hybridized carbons (Fsp3) is 0.643. The third kappa shape index (κ3) is 7.04. The molecular formula is C28H40N5O5Si. The maximum absolute atomic E-state index is 12.5. The standard InChI is InChI=1S/C28H40N5O5Si/c1-5-6-7-12-25(34)32-27-22-13-14-23(33(22)31-19-30-27)28(18-29)24(38-39(2,3)4)16-21(37-28)17-36-26(35)15-20-10-8-9-11-20/h13-14,16,19-21,24H,5-12,15,17H2,1-4H3,(H,30,31,32,34)/t21-,24-,28+/m1/s1. The van der Waals surface area contributed by atoms with Gasteiger partial charge in [-0.1, -0.05) is 32.6 Å². The first-order valence-electron chi connectivity index (χ1n) is 14.1. The smallest absolute Gasteiger partial charge is 0.306 e. The SMILES string of the molecule is CCCCCC(=O)Nc1ncnn2c([C@]3(C#N)O[C@@H](COC(=O)CC4CCCC4)[CH][C@H]3O[Si](C)(C)C)ccc12. The number of ether oxygens (including phenoxy) is 2. The zero-order chi connectivity index (χ0) is 28.0. The second-order valence-corrected chi connectivity index (χ2v) is 16.0. The number of hydrogen-bond donors (Lipinski definition) is 1. The molecular weight excluding hydrogens is 514 g/mol. The van der Waals surface area contributed by atoms with Gasteiger partial charge in [-0.15, -0.1) is 0 Å². The van der Waals surface area contributed by atoms with E-state index in [0.29, 0.717) is 35.8 Å². The van der Waals surface area contributed by atoms with Crippen LogP contribution in [-0.4, -0.2) is 53.6 Å². The van der Waals surface area contributed by atoms with Crippen molar-refractivity contribution in [2.45, 2.75) is 102 Å². The zero-order valence-corrected chi connectivity index (χ0v) is 24.4. The van der Waals surface area contributed by atoms with Crippen molar-refractivity contribution in [2.75, 3.05) is 11.9 Å². The van der Waals surface area contributed by atoms with Gasteiger partial charge in [0.1, 0.15) is 30.6 Å². The maximum atomic E-state index is 12.5. The van der Waals surface area contributed by atoms with Crippen LogP contribution < -0.4 is 5.32 Å². The average Bonchev–Trinajstić information content (AvgIpc) is 3.62. The Bertz CT molecular complexity index is 1200. The molecule has 4 rings (SSSR count). The van der Waals surface area contributed by atoms with Crippen LogP contribution in [0.2, 0.25) is 19.6 Å². The monoisotopic (exact) mass is 554 g/mol. The molecule has 2 aromatic rings. The third-order valence-electron chi connectivity index (χ3n) is 7.21. The van der Waals surface area contributed by atoms with Crippen molar-refractivity contribution in [3.63, 3.8) is 0 Å². The van der Waals surface area contributed by atoms with Crippen LogP contribution in [0.25, 0.3) is 5.52 Å². The Hall–Kier alpha value is -2.81. The molecule has 39 heavy (non-hydrogen) atoms. The summed E-state index contributed by atoms with van der Waals surface area (Å²) in [6.45, 7) is 8.23. The van der Waals surface area contributed by atoms with E-state index in [0.717, 1.165) is 44.9 Å². The summed E-state index contributed by atoms with van der Waals surface area (Å²) >= 11 is 0. The third-order valence-corrected chi connectivity index (χ3v) is 8.17. The van der Waals surface area contributed by atoms with E-state index in [9.17, 15) is 14.9 Å². The Morgan fingerprint density at radius 2 is 2.03 bits per heavy atom. The van der Waals surface area contributed by atoms with Gasteiger partial charge in [0.2, 0.25) is 11.5 Å². The quantitative estimate of drug-likeness (QED) is 0.223. The fourth-order valence-electron chi connectivity index (χ4n) is 5.35. The van der Waals surface area contributed by atoms with Gasteiger partial charge < -0.3 is 19.2 Å². The lowest BCUT2D eigenvalue weighted by Gasteiger charge is -2.31. The van der Waals surface area contributed by atoms with Crippen molar-refractivity contribution in [1.29, 1.82) is 5.26 Å². The summed E-state index contributed by atoms with van der Waals surface area (Å²) in [5.74, 6) is 0.399. The van der Waals surface area contributed by atoms with Gasteiger partial charge in [-0.05, 0) is 57.0 Å². The number of nitrogens with zero attached hydrogens (tertiary/aromatic N) is 4. The predicted molar refractivity (Wildman–Crippen MR) is 148 cm³/mol.